The second-order valence-corrected chi connectivity index (χ2v) is 7.35. The molecule has 2 atom stereocenters. The summed E-state index contributed by atoms with van der Waals surface area (Å²) in [6.45, 7) is 8.19. The van der Waals surface area contributed by atoms with Gasteiger partial charge in [-0.1, -0.05) is 60.7 Å². The number of halogens is 1. The number of piperidine rings is 1. The smallest absolute Gasteiger partial charge is 0.191 e. The molecule has 1 aliphatic rings. The van der Waals surface area contributed by atoms with Crippen molar-refractivity contribution in [2.75, 3.05) is 13.1 Å². The number of rotatable bonds is 6. The fraction of sp³-hybridized carbons (Fsp3) is 0.435. The van der Waals surface area contributed by atoms with Crippen LogP contribution in [0.1, 0.15) is 37.8 Å². The van der Waals surface area contributed by atoms with Crippen molar-refractivity contribution in [2.24, 2.45) is 4.99 Å². The van der Waals surface area contributed by atoms with Crippen LogP contribution in [0.3, 0.4) is 0 Å². The molecule has 2 aromatic carbocycles. The number of nitrogens with zero attached hydrogens (tertiary/aromatic N) is 2. The first kappa shape index (κ1) is 22.7. The van der Waals surface area contributed by atoms with E-state index in [9.17, 15) is 0 Å². The van der Waals surface area contributed by atoms with Gasteiger partial charge in [0.25, 0.3) is 0 Å². The van der Waals surface area contributed by atoms with E-state index in [4.69, 9.17) is 4.99 Å². The molecule has 5 heteroatoms. The van der Waals surface area contributed by atoms with Crippen LogP contribution in [0.15, 0.2) is 65.7 Å². The Bertz CT molecular complexity index is 705. The van der Waals surface area contributed by atoms with Crippen molar-refractivity contribution in [3.8, 4) is 0 Å². The third-order valence-electron chi connectivity index (χ3n) is 5.19. The highest BCUT2D eigenvalue weighted by Crippen LogP contribution is 2.20. The van der Waals surface area contributed by atoms with E-state index in [1.54, 1.807) is 0 Å². The van der Waals surface area contributed by atoms with Crippen molar-refractivity contribution in [3.63, 3.8) is 0 Å². The third kappa shape index (κ3) is 7.09. The number of benzene rings is 2. The molecule has 0 amide bonds. The summed E-state index contributed by atoms with van der Waals surface area (Å²) in [5, 5.41) is 7.05. The molecule has 0 radical (unpaired) electrons. The molecule has 0 aromatic heterocycles. The van der Waals surface area contributed by atoms with E-state index in [-0.39, 0.29) is 24.0 Å². The maximum atomic E-state index is 4.77. The molecule has 1 saturated heterocycles. The molecule has 2 unspecified atom stereocenters. The molecule has 1 aliphatic heterocycles. The van der Waals surface area contributed by atoms with E-state index in [0.717, 1.165) is 38.4 Å². The van der Waals surface area contributed by atoms with Crippen LogP contribution in [0.2, 0.25) is 0 Å². The second kappa shape index (κ2) is 12.1. The molecule has 2 N–H and O–H groups in total. The molecule has 1 heterocycles. The lowest BCUT2D eigenvalue weighted by atomic mass is 9.97. The third-order valence-corrected chi connectivity index (χ3v) is 5.19. The molecular formula is C23H33IN4. The predicted molar refractivity (Wildman–Crippen MR) is 129 cm³/mol. The highest BCUT2D eigenvalue weighted by atomic mass is 127. The van der Waals surface area contributed by atoms with Crippen molar-refractivity contribution < 1.29 is 0 Å². The fourth-order valence-electron chi connectivity index (χ4n) is 3.67. The maximum absolute atomic E-state index is 4.77. The van der Waals surface area contributed by atoms with Gasteiger partial charge in [0.1, 0.15) is 0 Å². The Kier molecular flexibility index (Phi) is 9.78. The summed E-state index contributed by atoms with van der Waals surface area (Å²) < 4.78 is 0. The minimum absolute atomic E-state index is 0. The Morgan fingerprint density at radius 2 is 1.68 bits per heavy atom. The number of likely N-dealkylation sites (tertiary alicyclic amines) is 1. The zero-order valence-corrected chi connectivity index (χ0v) is 19.3. The maximum Gasteiger partial charge on any atom is 0.191 e. The van der Waals surface area contributed by atoms with Crippen LogP contribution < -0.4 is 10.6 Å². The first-order valence-electron chi connectivity index (χ1n) is 10.1. The largest absolute Gasteiger partial charge is 0.357 e. The van der Waals surface area contributed by atoms with E-state index in [0.29, 0.717) is 18.6 Å². The van der Waals surface area contributed by atoms with Crippen molar-refractivity contribution in [1.29, 1.82) is 0 Å². The Labute approximate surface area is 186 Å². The highest BCUT2D eigenvalue weighted by Gasteiger charge is 2.25. The molecule has 3 rings (SSSR count). The van der Waals surface area contributed by atoms with Gasteiger partial charge in [-0.05, 0) is 37.8 Å². The van der Waals surface area contributed by atoms with Crippen LogP contribution in [0, 0.1) is 0 Å². The summed E-state index contributed by atoms with van der Waals surface area (Å²) in [6, 6.07) is 22.2. The summed E-state index contributed by atoms with van der Waals surface area (Å²) in [6.07, 6.45) is 2.29. The predicted octanol–water partition coefficient (Wildman–Crippen LogP) is 4.41. The normalized spacial score (nSPS) is 20.3. The molecule has 1 fully saturated rings. The molecule has 0 spiro atoms. The van der Waals surface area contributed by atoms with Crippen molar-refractivity contribution >= 4 is 29.9 Å². The van der Waals surface area contributed by atoms with Crippen LogP contribution >= 0.6 is 24.0 Å². The number of hydrogen-bond donors (Lipinski definition) is 2. The number of nitrogens with one attached hydrogen (secondary N) is 2. The monoisotopic (exact) mass is 492 g/mol. The van der Waals surface area contributed by atoms with Crippen molar-refractivity contribution in [2.45, 2.75) is 51.9 Å². The van der Waals surface area contributed by atoms with Gasteiger partial charge in [0, 0.05) is 31.7 Å². The van der Waals surface area contributed by atoms with Crippen LogP contribution in [-0.4, -0.2) is 36.0 Å². The van der Waals surface area contributed by atoms with Gasteiger partial charge in [0.2, 0.25) is 0 Å². The molecular weight excluding hydrogens is 459 g/mol. The molecule has 2 aromatic rings. The SMILES string of the molecule is CCNC(=NCc1ccccc1)NC1CCN(Cc2ccccc2)C(C)C1.I. The lowest BCUT2D eigenvalue weighted by Gasteiger charge is -2.38. The quantitative estimate of drug-likeness (QED) is 0.357. The summed E-state index contributed by atoms with van der Waals surface area (Å²) in [7, 11) is 0. The second-order valence-electron chi connectivity index (χ2n) is 7.35. The average Bonchev–Trinajstić information content (AvgIpc) is 2.70. The van der Waals surface area contributed by atoms with Crippen molar-refractivity contribution in [3.05, 3.63) is 71.8 Å². The van der Waals surface area contributed by atoms with E-state index in [1.165, 1.54) is 11.1 Å². The summed E-state index contributed by atoms with van der Waals surface area (Å²) in [4.78, 5) is 7.36. The zero-order chi connectivity index (χ0) is 18.9. The van der Waals surface area contributed by atoms with E-state index in [2.05, 4.69) is 84.0 Å². The standard InChI is InChI=1S/C23H32N4.HI/c1-3-24-23(25-17-20-10-6-4-7-11-20)26-22-14-15-27(19(2)16-22)18-21-12-8-5-9-13-21;/h4-13,19,22H,3,14-18H2,1-2H3,(H2,24,25,26);1H. The minimum atomic E-state index is 0. The summed E-state index contributed by atoms with van der Waals surface area (Å²) in [5.41, 5.74) is 2.63. The van der Waals surface area contributed by atoms with Crippen LogP contribution in [0.5, 0.6) is 0 Å². The zero-order valence-electron chi connectivity index (χ0n) is 17.0. The minimum Gasteiger partial charge on any atom is -0.357 e. The van der Waals surface area contributed by atoms with Crippen LogP contribution in [0.4, 0.5) is 0 Å². The number of hydrogen-bond acceptors (Lipinski definition) is 2. The van der Waals surface area contributed by atoms with Gasteiger partial charge in [-0.2, -0.15) is 0 Å². The number of guanidine groups is 1. The van der Waals surface area contributed by atoms with Gasteiger partial charge in [-0.3, -0.25) is 4.90 Å². The molecule has 0 aliphatic carbocycles. The Balaban J connectivity index is 0.00000280. The Morgan fingerprint density at radius 3 is 2.29 bits per heavy atom. The lowest BCUT2D eigenvalue weighted by molar-refractivity contribution is 0.134. The molecule has 0 saturated carbocycles. The van der Waals surface area contributed by atoms with Gasteiger partial charge in [0.05, 0.1) is 6.54 Å². The van der Waals surface area contributed by atoms with Crippen LogP contribution in [0.25, 0.3) is 0 Å². The molecule has 0 bridgehead atoms. The van der Waals surface area contributed by atoms with Gasteiger partial charge in [0.15, 0.2) is 5.96 Å². The first-order valence-corrected chi connectivity index (χ1v) is 10.1. The van der Waals surface area contributed by atoms with Gasteiger partial charge in [-0.15, -0.1) is 24.0 Å². The fourth-order valence-corrected chi connectivity index (χ4v) is 3.67. The Morgan fingerprint density at radius 1 is 1.04 bits per heavy atom. The van der Waals surface area contributed by atoms with E-state index in [1.807, 2.05) is 6.07 Å². The first-order chi connectivity index (χ1) is 13.2. The van der Waals surface area contributed by atoms with Gasteiger partial charge < -0.3 is 10.6 Å². The summed E-state index contributed by atoms with van der Waals surface area (Å²) >= 11 is 0. The molecule has 28 heavy (non-hydrogen) atoms. The molecule has 4 nitrogen and oxygen atoms in total. The average molecular weight is 492 g/mol. The van der Waals surface area contributed by atoms with Crippen LogP contribution in [-0.2, 0) is 13.1 Å². The molecule has 152 valence electrons. The van der Waals surface area contributed by atoms with Crippen molar-refractivity contribution in [1.82, 2.24) is 15.5 Å². The highest BCUT2D eigenvalue weighted by molar-refractivity contribution is 14.0. The Hall–Kier alpha value is -1.60. The lowest BCUT2D eigenvalue weighted by Crippen LogP contribution is -2.51. The van der Waals surface area contributed by atoms with Gasteiger partial charge >= 0.3 is 0 Å². The van der Waals surface area contributed by atoms with E-state index >= 15 is 0 Å². The number of aliphatic imine (C=N–C) groups is 1. The topological polar surface area (TPSA) is 39.7 Å². The summed E-state index contributed by atoms with van der Waals surface area (Å²) in [5.74, 6) is 0.926. The van der Waals surface area contributed by atoms with E-state index < -0.39 is 0 Å². The van der Waals surface area contributed by atoms with Gasteiger partial charge in [-0.25, -0.2) is 4.99 Å².